The molecule has 0 amide bonds. The van der Waals surface area contributed by atoms with E-state index in [0.717, 1.165) is 33.3 Å². The number of benzene rings is 1. The number of carboxylic acid groups (broad SMARTS) is 1. The number of nitrogens with zero attached hydrogens (tertiary/aromatic N) is 2. The topological polar surface area (TPSA) is 87.6 Å². The summed E-state index contributed by atoms with van der Waals surface area (Å²) in [5.74, 6) is -1.90. The summed E-state index contributed by atoms with van der Waals surface area (Å²) in [4.78, 5) is 14.6. The average Bonchev–Trinajstić information content (AvgIpc) is 2.92. The Kier molecular flexibility index (Phi) is 4.24. The highest BCUT2D eigenvalue weighted by molar-refractivity contribution is 7.94. The van der Waals surface area contributed by atoms with Gasteiger partial charge in [0, 0.05) is 6.54 Å². The second kappa shape index (κ2) is 5.78. The number of aromatic nitrogens is 1. The molecule has 0 aliphatic rings. The van der Waals surface area contributed by atoms with E-state index in [1.165, 1.54) is 12.1 Å². The van der Waals surface area contributed by atoms with Crippen molar-refractivity contribution in [3.05, 3.63) is 41.3 Å². The fourth-order valence-corrected chi connectivity index (χ4v) is 4.47. The fraction of sp³-hybridized carbons (Fsp3) is 0.167. The van der Waals surface area contributed by atoms with Crippen molar-refractivity contribution in [3.63, 3.8) is 0 Å². The Morgan fingerprint density at radius 3 is 2.52 bits per heavy atom. The van der Waals surface area contributed by atoms with E-state index in [0.29, 0.717) is 0 Å². The van der Waals surface area contributed by atoms with Crippen LogP contribution in [0.5, 0.6) is 0 Å². The molecule has 0 fully saturated rings. The number of thiazole rings is 1. The normalized spacial score (nSPS) is 11.3. The van der Waals surface area contributed by atoms with Crippen molar-refractivity contribution < 1.29 is 22.7 Å². The maximum Gasteiger partial charge on any atom is 0.356 e. The number of carbonyl (C=O) groups is 1. The molecule has 0 aliphatic heterocycles. The van der Waals surface area contributed by atoms with Crippen LogP contribution in [0.3, 0.4) is 0 Å². The lowest BCUT2D eigenvalue weighted by molar-refractivity contribution is 0.0687. The molecule has 0 bridgehead atoms. The Hall–Kier alpha value is -2.00. The Bertz CT molecular complexity index is 756. The van der Waals surface area contributed by atoms with E-state index in [1.54, 1.807) is 6.92 Å². The average molecular weight is 330 g/mol. The lowest BCUT2D eigenvalue weighted by atomic mass is 10.3. The first-order valence-electron chi connectivity index (χ1n) is 5.83. The van der Waals surface area contributed by atoms with Gasteiger partial charge in [0.05, 0.1) is 11.2 Å². The largest absolute Gasteiger partial charge is 0.476 e. The van der Waals surface area contributed by atoms with Crippen LogP contribution in [-0.4, -0.2) is 31.0 Å². The molecule has 6 nitrogen and oxygen atoms in total. The van der Waals surface area contributed by atoms with Gasteiger partial charge >= 0.3 is 5.97 Å². The predicted molar refractivity (Wildman–Crippen MR) is 75.7 cm³/mol. The summed E-state index contributed by atoms with van der Waals surface area (Å²) in [5.41, 5.74) is 0.902. The van der Waals surface area contributed by atoms with Gasteiger partial charge < -0.3 is 5.11 Å². The Morgan fingerprint density at radius 2 is 2.00 bits per heavy atom. The first kappa shape index (κ1) is 15.4. The number of aromatic carboxylic acids is 1. The van der Waals surface area contributed by atoms with Crippen molar-refractivity contribution in [2.24, 2.45) is 0 Å². The summed E-state index contributed by atoms with van der Waals surface area (Å²) in [6, 6.07) is 4.91. The Labute approximate surface area is 124 Å². The minimum Gasteiger partial charge on any atom is -0.476 e. The van der Waals surface area contributed by atoms with E-state index in [9.17, 15) is 17.6 Å². The quantitative estimate of drug-likeness (QED) is 0.908. The fourth-order valence-electron chi connectivity index (χ4n) is 1.76. The molecule has 9 heteroatoms. The molecule has 1 N–H and O–H groups in total. The van der Waals surface area contributed by atoms with E-state index in [2.05, 4.69) is 4.98 Å². The first-order chi connectivity index (χ1) is 9.87. The van der Waals surface area contributed by atoms with Crippen LogP contribution in [0.4, 0.5) is 10.1 Å². The van der Waals surface area contributed by atoms with Crippen LogP contribution in [0.1, 0.15) is 17.4 Å². The lowest BCUT2D eigenvalue weighted by Gasteiger charge is -2.22. The van der Waals surface area contributed by atoms with Crippen molar-refractivity contribution in [1.29, 1.82) is 0 Å². The molecule has 0 radical (unpaired) electrons. The third-order valence-electron chi connectivity index (χ3n) is 2.66. The van der Waals surface area contributed by atoms with Crippen LogP contribution in [0, 0.1) is 5.82 Å². The minimum atomic E-state index is -4.06. The third-order valence-corrected chi connectivity index (χ3v) is 5.91. The van der Waals surface area contributed by atoms with Crippen molar-refractivity contribution in [3.8, 4) is 0 Å². The second-order valence-corrected chi connectivity index (χ2v) is 6.85. The zero-order valence-electron chi connectivity index (χ0n) is 10.9. The van der Waals surface area contributed by atoms with Gasteiger partial charge in [-0.1, -0.05) is 0 Å². The van der Waals surface area contributed by atoms with E-state index in [4.69, 9.17) is 5.11 Å². The minimum absolute atomic E-state index is 0.0743. The van der Waals surface area contributed by atoms with Gasteiger partial charge in [0.1, 0.15) is 5.82 Å². The first-order valence-corrected chi connectivity index (χ1v) is 8.15. The molecule has 1 aromatic heterocycles. The molecule has 0 unspecified atom stereocenters. The van der Waals surface area contributed by atoms with Crippen molar-refractivity contribution in [2.75, 3.05) is 10.8 Å². The molecule has 0 saturated heterocycles. The number of halogens is 1. The molecule has 0 aliphatic carbocycles. The summed E-state index contributed by atoms with van der Waals surface area (Å²) < 4.78 is 38.7. The van der Waals surface area contributed by atoms with Crippen LogP contribution >= 0.6 is 11.3 Å². The second-order valence-electron chi connectivity index (χ2n) is 3.94. The zero-order valence-corrected chi connectivity index (χ0v) is 12.5. The van der Waals surface area contributed by atoms with E-state index < -0.39 is 27.5 Å². The van der Waals surface area contributed by atoms with Crippen molar-refractivity contribution in [1.82, 2.24) is 4.98 Å². The smallest absolute Gasteiger partial charge is 0.356 e. The SMILES string of the molecule is CCN(c1ccc(F)cc1)S(=O)(=O)c1scnc1C(=O)O. The van der Waals surface area contributed by atoms with Gasteiger partial charge in [-0.2, -0.15) is 0 Å². The van der Waals surface area contributed by atoms with Gasteiger partial charge in [-0.3, -0.25) is 4.31 Å². The van der Waals surface area contributed by atoms with Gasteiger partial charge in [0.15, 0.2) is 9.90 Å². The van der Waals surface area contributed by atoms with Crippen LogP contribution in [0.15, 0.2) is 34.0 Å². The molecule has 2 rings (SSSR count). The maximum atomic E-state index is 12.9. The monoisotopic (exact) mass is 330 g/mol. The molecule has 0 spiro atoms. The van der Waals surface area contributed by atoms with E-state index in [-0.39, 0.29) is 16.4 Å². The summed E-state index contributed by atoms with van der Waals surface area (Å²) in [7, 11) is -4.06. The van der Waals surface area contributed by atoms with Gasteiger partial charge in [-0.25, -0.2) is 22.6 Å². The van der Waals surface area contributed by atoms with Gasteiger partial charge in [-0.05, 0) is 31.2 Å². The van der Waals surface area contributed by atoms with Crippen LogP contribution in [0.2, 0.25) is 0 Å². The number of hydrogen-bond donors (Lipinski definition) is 1. The Morgan fingerprint density at radius 1 is 1.38 bits per heavy atom. The molecule has 21 heavy (non-hydrogen) atoms. The van der Waals surface area contributed by atoms with E-state index >= 15 is 0 Å². The standard InChI is InChI=1S/C12H11FN2O4S2/c1-2-15(9-5-3-8(13)4-6-9)21(18,19)12-10(11(16)17)14-7-20-12/h3-7H,2H2,1H3,(H,16,17). The molecule has 0 saturated carbocycles. The van der Waals surface area contributed by atoms with E-state index in [1.807, 2.05) is 0 Å². The molecule has 1 aromatic carbocycles. The number of sulfonamides is 1. The molecular weight excluding hydrogens is 319 g/mol. The lowest BCUT2D eigenvalue weighted by Crippen LogP contribution is -2.31. The van der Waals surface area contributed by atoms with Crippen molar-refractivity contribution in [2.45, 2.75) is 11.1 Å². The number of rotatable bonds is 5. The highest BCUT2D eigenvalue weighted by atomic mass is 32.2. The Balaban J connectivity index is 2.52. The summed E-state index contributed by atoms with van der Waals surface area (Å²) in [6.45, 7) is 1.67. The van der Waals surface area contributed by atoms with Gasteiger partial charge in [0.2, 0.25) is 0 Å². The summed E-state index contributed by atoms with van der Waals surface area (Å²) in [6.07, 6.45) is 0. The van der Waals surface area contributed by atoms with Crippen LogP contribution in [-0.2, 0) is 10.0 Å². The van der Waals surface area contributed by atoms with Gasteiger partial charge in [0.25, 0.3) is 10.0 Å². The summed E-state index contributed by atoms with van der Waals surface area (Å²) >= 11 is 0.731. The van der Waals surface area contributed by atoms with Crippen molar-refractivity contribution >= 4 is 33.0 Å². The van der Waals surface area contributed by atoms with Crippen LogP contribution < -0.4 is 4.31 Å². The molecule has 1 heterocycles. The molecular formula is C12H11FN2O4S2. The predicted octanol–water partition coefficient (Wildman–Crippen LogP) is 2.20. The van der Waals surface area contributed by atoms with Gasteiger partial charge in [-0.15, -0.1) is 11.3 Å². The number of carboxylic acids is 1. The molecule has 112 valence electrons. The highest BCUT2D eigenvalue weighted by Crippen LogP contribution is 2.28. The summed E-state index contributed by atoms with van der Waals surface area (Å²) in [5, 5.41) is 8.99. The third kappa shape index (κ3) is 2.88. The molecule has 0 atom stereocenters. The van der Waals surface area contributed by atoms with Crippen LogP contribution in [0.25, 0.3) is 0 Å². The molecule has 2 aromatic rings. The zero-order chi connectivity index (χ0) is 15.6. The highest BCUT2D eigenvalue weighted by Gasteiger charge is 2.31. The number of hydrogen-bond acceptors (Lipinski definition) is 5. The number of anilines is 1. The maximum absolute atomic E-state index is 12.9.